The number of hydrogen-bond acceptors (Lipinski definition) is 5. The summed E-state index contributed by atoms with van der Waals surface area (Å²) >= 11 is 12.9. The molecule has 0 spiro atoms. The monoisotopic (exact) mass is 716 g/mol. The number of aryl methyl sites for hydroxylation is 1. The summed E-state index contributed by atoms with van der Waals surface area (Å²) in [6.07, 6.45) is 4.46. The van der Waals surface area contributed by atoms with Crippen molar-refractivity contribution in [3.63, 3.8) is 0 Å². The van der Waals surface area contributed by atoms with E-state index >= 15 is 4.79 Å². The van der Waals surface area contributed by atoms with Crippen molar-refractivity contribution in [3.05, 3.63) is 148 Å². The molecule has 0 aromatic heterocycles. The highest BCUT2D eigenvalue weighted by Crippen LogP contribution is 2.65. The van der Waals surface area contributed by atoms with Crippen LogP contribution in [-0.2, 0) is 31.0 Å². The molecule has 4 aliphatic rings. The lowest BCUT2D eigenvalue weighted by atomic mass is 9.49. The number of benzene rings is 4. The van der Waals surface area contributed by atoms with Gasteiger partial charge in [-0.15, -0.1) is 6.58 Å². The highest BCUT2D eigenvalue weighted by molar-refractivity contribution is 6.33. The average molecular weight is 718 g/mol. The van der Waals surface area contributed by atoms with E-state index in [2.05, 4.69) is 6.58 Å². The first-order valence-corrected chi connectivity index (χ1v) is 17.8. The molecule has 6 unspecified atom stereocenters. The van der Waals surface area contributed by atoms with Gasteiger partial charge in [-0.2, -0.15) is 0 Å². The Balaban J connectivity index is 1.37. The van der Waals surface area contributed by atoms with Crippen LogP contribution in [0.1, 0.15) is 41.0 Å². The van der Waals surface area contributed by atoms with E-state index in [-0.39, 0.29) is 30.4 Å². The van der Waals surface area contributed by atoms with Crippen LogP contribution in [-0.4, -0.2) is 28.7 Å². The zero-order valence-corrected chi connectivity index (χ0v) is 29.3. The van der Waals surface area contributed by atoms with Gasteiger partial charge < -0.3 is 5.11 Å². The molecule has 51 heavy (non-hydrogen) atoms. The third-order valence-electron chi connectivity index (χ3n) is 11.4. The van der Waals surface area contributed by atoms with Gasteiger partial charge in [-0.1, -0.05) is 102 Å². The lowest BCUT2D eigenvalue weighted by molar-refractivity contribution is -0.127. The molecule has 8 rings (SSSR count). The molecule has 4 amide bonds. The van der Waals surface area contributed by atoms with Gasteiger partial charge in [-0.25, -0.2) is 9.80 Å². The minimum absolute atomic E-state index is 0.00586. The van der Waals surface area contributed by atoms with Gasteiger partial charge in [0.2, 0.25) is 23.6 Å². The van der Waals surface area contributed by atoms with E-state index in [0.717, 1.165) is 11.1 Å². The minimum Gasteiger partial charge on any atom is -0.507 e. The van der Waals surface area contributed by atoms with Crippen molar-refractivity contribution in [2.75, 3.05) is 9.80 Å². The molecule has 256 valence electrons. The van der Waals surface area contributed by atoms with Crippen LogP contribution in [0, 0.1) is 30.6 Å². The largest absolute Gasteiger partial charge is 0.507 e. The number of phenolic OH excluding ortho intramolecular Hbond substituents is 1. The molecule has 4 aromatic carbocycles. The third-order valence-corrected chi connectivity index (χ3v) is 12.0. The molecular weight excluding hydrogens is 683 g/mol. The number of nitrogens with zero attached hydrogens (tertiary/aromatic N) is 2. The molecule has 4 aromatic rings. The van der Waals surface area contributed by atoms with Gasteiger partial charge >= 0.3 is 0 Å². The first-order chi connectivity index (χ1) is 24.6. The van der Waals surface area contributed by atoms with E-state index in [4.69, 9.17) is 23.2 Å². The topological polar surface area (TPSA) is 95.0 Å². The van der Waals surface area contributed by atoms with Crippen molar-refractivity contribution in [2.24, 2.45) is 23.7 Å². The van der Waals surface area contributed by atoms with Crippen molar-refractivity contribution < 1.29 is 24.3 Å². The van der Waals surface area contributed by atoms with Gasteiger partial charge in [0.25, 0.3) is 0 Å². The van der Waals surface area contributed by atoms with Gasteiger partial charge in [0.05, 0.1) is 34.5 Å². The van der Waals surface area contributed by atoms with Crippen molar-refractivity contribution >= 4 is 58.2 Å². The Bertz CT molecular complexity index is 2200. The van der Waals surface area contributed by atoms with Gasteiger partial charge in [-0.05, 0) is 79.1 Å². The zero-order valence-electron chi connectivity index (χ0n) is 27.8. The Morgan fingerprint density at radius 2 is 1.59 bits per heavy atom. The summed E-state index contributed by atoms with van der Waals surface area (Å²) in [6, 6.07) is 26.5. The quantitative estimate of drug-likeness (QED) is 0.161. The molecule has 2 heterocycles. The molecule has 6 atom stereocenters. The van der Waals surface area contributed by atoms with E-state index in [0.29, 0.717) is 44.5 Å². The van der Waals surface area contributed by atoms with Crippen LogP contribution in [0.4, 0.5) is 11.4 Å². The minimum atomic E-state index is -1.49. The van der Waals surface area contributed by atoms with Crippen LogP contribution >= 0.6 is 23.2 Å². The number of aromatic hydroxyl groups is 1. The van der Waals surface area contributed by atoms with Crippen LogP contribution in [0.15, 0.2) is 115 Å². The fourth-order valence-corrected chi connectivity index (χ4v) is 9.59. The SMILES string of the molecule is C=CCc1cccc(C2C3=CCC4C(=O)N(c5ccc(C)c(Cl)c5)C(=O)C4C3CC3C(=O)N(c4cccc(Cl)c4)C(=O)C32c2ccccc2)c1O. The Morgan fingerprint density at radius 1 is 0.843 bits per heavy atom. The molecule has 1 saturated carbocycles. The average Bonchev–Trinajstić information content (AvgIpc) is 3.51. The summed E-state index contributed by atoms with van der Waals surface area (Å²) in [5.74, 6) is -5.33. The van der Waals surface area contributed by atoms with E-state index in [1.165, 1.54) is 9.80 Å². The Kier molecular flexibility index (Phi) is 8.04. The Hall–Kier alpha value is -4.98. The number of phenols is 1. The number of halogens is 2. The van der Waals surface area contributed by atoms with Crippen LogP contribution in [0.3, 0.4) is 0 Å². The predicted octanol–water partition coefficient (Wildman–Crippen LogP) is 8.10. The number of rotatable bonds is 6. The summed E-state index contributed by atoms with van der Waals surface area (Å²) in [7, 11) is 0. The molecule has 2 aliphatic heterocycles. The predicted molar refractivity (Wildman–Crippen MR) is 197 cm³/mol. The number of fused-ring (bicyclic) bond motifs is 4. The van der Waals surface area contributed by atoms with Crippen molar-refractivity contribution in [1.82, 2.24) is 0 Å². The lowest BCUT2D eigenvalue weighted by Gasteiger charge is -2.50. The van der Waals surface area contributed by atoms with E-state index in [9.17, 15) is 19.5 Å². The van der Waals surface area contributed by atoms with Gasteiger partial charge in [0.1, 0.15) is 5.75 Å². The van der Waals surface area contributed by atoms with E-state index < -0.39 is 46.8 Å². The second-order valence-electron chi connectivity index (χ2n) is 13.9. The summed E-state index contributed by atoms with van der Waals surface area (Å²) in [4.78, 5) is 61.4. The summed E-state index contributed by atoms with van der Waals surface area (Å²) in [6.45, 7) is 5.71. The molecule has 1 N–H and O–H groups in total. The fraction of sp³-hybridized carbons (Fsp3) is 0.238. The van der Waals surface area contributed by atoms with Crippen molar-refractivity contribution in [3.8, 4) is 5.75 Å². The number of allylic oxidation sites excluding steroid dienone is 3. The third kappa shape index (κ3) is 4.78. The maximum absolute atomic E-state index is 15.4. The van der Waals surface area contributed by atoms with Gasteiger partial charge in [-0.3, -0.25) is 19.2 Å². The number of hydrogen-bond donors (Lipinski definition) is 1. The Morgan fingerprint density at radius 3 is 2.31 bits per heavy atom. The number of para-hydroxylation sites is 1. The first kappa shape index (κ1) is 33.2. The van der Waals surface area contributed by atoms with E-state index in [1.54, 1.807) is 54.6 Å². The summed E-state index contributed by atoms with van der Waals surface area (Å²) in [5.41, 5.74) is 2.56. The molecule has 0 radical (unpaired) electrons. The lowest BCUT2D eigenvalue weighted by Crippen LogP contribution is -2.53. The van der Waals surface area contributed by atoms with Crippen LogP contribution in [0.25, 0.3) is 0 Å². The maximum atomic E-state index is 15.4. The number of imide groups is 2. The molecule has 2 aliphatic carbocycles. The standard InChI is InChI=1S/C42H34Cl2N2O5/c1-3-9-24-10-7-15-31(37(24)47)36-29-18-19-30-35(40(50)45(38(30)48)28-17-16-23(2)34(44)21-28)32(29)22-33-39(49)46(27-14-8-13-26(43)20-27)41(51)42(33,36)25-11-5-4-6-12-25/h3-8,10-18,20-21,30,32-33,35-36,47H,1,9,19,22H2,2H3. The normalized spacial score (nSPS) is 26.9. The molecule has 2 saturated heterocycles. The molecule has 0 bridgehead atoms. The maximum Gasteiger partial charge on any atom is 0.246 e. The zero-order chi connectivity index (χ0) is 35.8. The molecule has 9 heteroatoms. The number of carbonyl (C=O) groups excluding carboxylic acids is 4. The first-order valence-electron chi connectivity index (χ1n) is 17.0. The van der Waals surface area contributed by atoms with Gasteiger partial charge in [0.15, 0.2) is 0 Å². The second kappa shape index (κ2) is 12.4. The highest BCUT2D eigenvalue weighted by atomic mass is 35.5. The van der Waals surface area contributed by atoms with Crippen molar-refractivity contribution in [1.29, 1.82) is 0 Å². The summed E-state index contributed by atoms with van der Waals surface area (Å²) < 4.78 is 0. The van der Waals surface area contributed by atoms with Crippen LogP contribution < -0.4 is 9.80 Å². The van der Waals surface area contributed by atoms with Crippen molar-refractivity contribution in [2.45, 2.75) is 37.5 Å². The summed E-state index contributed by atoms with van der Waals surface area (Å²) in [5, 5.41) is 12.8. The second-order valence-corrected chi connectivity index (χ2v) is 14.7. The fourth-order valence-electron chi connectivity index (χ4n) is 9.23. The number of amides is 4. The number of carbonyl (C=O) groups is 4. The Labute approximate surface area is 305 Å². The van der Waals surface area contributed by atoms with Gasteiger partial charge in [0, 0.05) is 21.5 Å². The smallest absolute Gasteiger partial charge is 0.246 e. The molecule has 7 nitrogen and oxygen atoms in total. The highest BCUT2D eigenvalue weighted by Gasteiger charge is 2.70. The molecular formula is C42H34Cl2N2O5. The van der Waals surface area contributed by atoms with Crippen LogP contribution in [0.5, 0.6) is 5.75 Å². The van der Waals surface area contributed by atoms with E-state index in [1.807, 2.05) is 55.5 Å². The van der Waals surface area contributed by atoms with Crippen LogP contribution in [0.2, 0.25) is 10.0 Å². The molecule has 3 fully saturated rings. The number of anilines is 2.